The monoisotopic (exact) mass is 352 g/mol. The first kappa shape index (κ1) is 16.8. The molecule has 3 nitrogen and oxygen atoms in total. The summed E-state index contributed by atoms with van der Waals surface area (Å²) < 4.78 is 0. The Morgan fingerprint density at radius 1 is 1.13 bits per heavy atom. The number of nitrogens with zero attached hydrogens (tertiary/aromatic N) is 1. The lowest BCUT2D eigenvalue weighted by molar-refractivity contribution is -0.115. The molecule has 2 aliphatic rings. The van der Waals surface area contributed by atoms with Crippen molar-refractivity contribution in [3.63, 3.8) is 0 Å². The van der Waals surface area contributed by atoms with Gasteiger partial charge in [0.15, 0.2) is 0 Å². The molecular formula is C18H22Cl2N2O. The zero-order valence-corrected chi connectivity index (χ0v) is 15.3. The number of aliphatic imine (C=N–C) groups is 1. The Hall–Kier alpha value is -1.06. The molecule has 0 radical (unpaired) electrons. The molecule has 0 bridgehead atoms. The van der Waals surface area contributed by atoms with Crippen LogP contribution in [-0.4, -0.2) is 17.3 Å². The lowest BCUT2D eigenvalue weighted by atomic mass is 9.70. The molecule has 124 valence electrons. The summed E-state index contributed by atoms with van der Waals surface area (Å²) in [6, 6.07) is 5.14. The topological polar surface area (TPSA) is 41.5 Å². The van der Waals surface area contributed by atoms with E-state index in [1.165, 1.54) is 0 Å². The Morgan fingerprint density at radius 3 is 2.22 bits per heavy atom. The van der Waals surface area contributed by atoms with Gasteiger partial charge in [0.2, 0.25) is 0 Å². The van der Waals surface area contributed by atoms with Crippen molar-refractivity contribution < 1.29 is 4.79 Å². The normalized spacial score (nSPS) is 28.0. The fraction of sp³-hybridized carbons (Fsp3) is 0.556. The van der Waals surface area contributed by atoms with Crippen LogP contribution in [0.15, 0.2) is 23.2 Å². The molecule has 0 saturated heterocycles. The van der Waals surface area contributed by atoms with Gasteiger partial charge in [-0.15, -0.1) is 0 Å². The number of amides is 1. The average molecular weight is 353 g/mol. The van der Waals surface area contributed by atoms with Crippen LogP contribution in [0.25, 0.3) is 0 Å². The van der Waals surface area contributed by atoms with Gasteiger partial charge < -0.3 is 5.32 Å². The number of carbonyl (C=O) groups excluding carboxylic acids is 1. The maximum absolute atomic E-state index is 12.4. The summed E-state index contributed by atoms with van der Waals surface area (Å²) in [5, 5.41) is 4.13. The predicted molar refractivity (Wildman–Crippen MR) is 95.3 cm³/mol. The summed E-state index contributed by atoms with van der Waals surface area (Å²) in [5.74, 6) is 0.544. The van der Waals surface area contributed by atoms with E-state index in [4.69, 9.17) is 28.2 Å². The third-order valence-corrected chi connectivity index (χ3v) is 5.50. The molecule has 3 rings (SSSR count). The second-order valence-corrected chi connectivity index (χ2v) is 8.62. The summed E-state index contributed by atoms with van der Waals surface area (Å²) in [4.78, 5) is 17.2. The van der Waals surface area contributed by atoms with E-state index in [0.29, 0.717) is 32.7 Å². The maximum Gasteiger partial charge on any atom is 0.272 e. The standard InChI is InChI=1S/C18H22Cl2N2O/c1-17(2,3)12-4-6-18(7-5-12)21-15(16(23)22-18)11-8-13(19)10-14(20)9-11/h8-10,12H,4-7H2,1-3H3,(H,22,23). The SMILES string of the molecule is CC(C)(C)C1CCC2(CC1)N=C(c1cc(Cl)cc(Cl)c1)C(=O)N2. The molecule has 1 aliphatic heterocycles. The van der Waals surface area contributed by atoms with Gasteiger partial charge in [-0.1, -0.05) is 44.0 Å². The molecule has 0 atom stereocenters. The minimum atomic E-state index is -0.442. The number of halogens is 2. The second kappa shape index (κ2) is 5.78. The van der Waals surface area contributed by atoms with Crippen LogP contribution in [0, 0.1) is 11.3 Å². The van der Waals surface area contributed by atoms with Crippen molar-refractivity contribution in [3.8, 4) is 0 Å². The van der Waals surface area contributed by atoms with E-state index in [9.17, 15) is 4.79 Å². The van der Waals surface area contributed by atoms with Crippen molar-refractivity contribution in [2.45, 2.75) is 52.1 Å². The number of rotatable bonds is 1. The van der Waals surface area contributed by atoms with E-state index in [1.807, 2.05) is 0 Å². The predicted octanol–water partition coefficient (Wildman–Crippen LogP) is 4.84. The van der Waals surface area contributed by atoms with Gasteiger partial charge in [-0.25, -0.2) is 0 Å². The van der Waals surface area contributed by atoms with Gasteiger partial charge in [0.1, 0.15) is 11.4 Å². The minimum Gasteiger partial charge on any atom is -0.326 e. The number of benzene rings is 1. The highest BCUT2D eigenvalue weighted by atomic mass is 35.5. The first-order valence-corrected chi connectivity index (χ1v) is 8.83. The molecule has 1 N–H and O–H groups in total. The molecule has 1 amide bonds. The van der Waals surface area contributed by atoms with Crippen LogP contribution in [0.2, 0.25) is 10.0 Å². The smallest absolute Gasteiger partial charge is 0.272 e. The van der Waals surface area contributed by atoms with Crippen molar-refractivity contribution in [1.29, 1.82) is 0 Å². The molecule has 1 fully saturated rings. The Bertz CT molecular complexity index is 648. The van der Waals surface area contributed by atoms with Gasteiger partial charge in [0.05, 0.1) is 0 Å². The Morgan fingerprint density at radius 2 is 1.70 bits per heavy atom. The molecule has 1 aliphatic carbocycles. The molecule has 1 spiro atoms. The largest absolute Gasteiger partial charge is 0.326 e. The fourth-order valence-corrected chi connectivity index (χ4v) is 4.17. The summed E-state index contributed by atoms with van der Waals surface area (Å²) in [6.07, 6.45) is 3.94. The number of hydrogen-bond donors (Lipinski definition) is 1. The summed E-state index contributed by atoms with van der Waals surface area (Å²) >= 11 is 12.1. The molecular weight excluding hydrogens is 331 g/mol. The average Bonchev–Trinajstić information content (AvgIpc) is 2.74. The summed E-state index contributed by atoms with van der Waals surface area (Å²) in [5.41, 5.74) is 0.999. The Kier molecular flexibility index (Phi) is 4.22. The van der Waals surface area contributed by atoms with Crippen LogP contribution in [0.1, 0.15) is 52.0 Å². The number of hydrogen-bond acceptors (Lipinski definition) is 2. The van der Waals surface area contributed by atoms with Crippen molar-refractivity contribution >= 4 is 34.8 Å². The molecule has 5 heteroatoms. The van der Waals surface area contributed by atoms with Crippen molar-refractivity contribution in [2.24, 2.45) is 16.3 Å². The Labute approximate surface area is 147 Å². The third-order valence-electron chi connectivity index (χ3n) is 5.06. The molecule has 1 saturated carbocycles. The highest BCUT2D eigenvalue weighted by Crippen LogP contribution is 2.43. The minimum absolute atomic E-state index is 0.127. The number of carbonyl (C=O) groups is 1. The zero-order valence-electron chi connectivity index (χ0n) is 13.7. The van der Waals surface area contributed by atoms with Gasteiger partial charge in [-0.3, -0.25) is 9.79 Å². The molecule has 1 aromatic rings. The van der Waals surface area contributed by atoms with Gasteiger partial charge >= 0.3 is 0 Å². The van der Waals surface area contributed by atoms with Crippen LogP contribution in [0.3, 0.4) is 0 Å². The highest BCUT2D eigenvalue weighted by Gasteiger charge is 2.44. The first-order valence-electron chi connectivity index (χ1n) is 8.07. The first-order chi connectivity index (χ1) is 10.7. The van der Waals surface area contributed by atoms with E-state index in [1.54, 1.807) is 18.2 Å². The molecule has 1 aromatic carbocycles. The lowest BCUT2D eigenvalue weighted by Gasteiger charge is -2.40. The van der Waals surface area contributed by atoms with Crippen LogP contribution >= 0.6 is 23.2 Å². The van der Waals surface area contributed by atoms with E-state index < -0.39 is 5.66 Å². The van der Waals surface area contributed by atoms with Crippen LogP contribution < -0.4 is 5.32 Å². The van der Waals surface area contributed by atoms with E-state index in [0.717, 1.165) is 25.7 Å². The van der Waals surface area contributed by atoms with Crippen molar-refractivity contribution in [1.82, 2.24) is 5.32 Å². The molecule has 1 heterocycles. The van der Waals surface area contributed by atoms with Gasteiger partial charge in [-0.2, -0.15) is 0 Å². The highest BCUT2D eigenvalue weighted by molar-refractivity contribution is 6.47. The Balaban J connectivity index is 1.85. The summed E-state index contributed by atoms with van der Waals surface area (Å²) in [6.45, 7) is 6.85. The molecule has 0 aromatic heterocycles. The van der Waals surface area contributed by atoms with Gasteiger partial charge in [0.25, 0.3) is 5.91 Å². The van der Waals surface area contributed by atoms with E-state index in [-0.39, 0.29) is 5.91 Å². The van der Waals surface area contributed by atoms with Crippen molar-refractivity contribution in [3.05, 3.63) is 33.8 Å². The fourth-order valence-electron chi connectivity index (χ4n) is 3.65. The quantitative estimate of drug-likeness (QED) is 0.771. The second-order valence-electron chi connectivity index (χ2n) is 7.74. The molecule has 23 heavy (non-hydrogen) atoms. The zero-order chi connectivity index (χ0) is 16.8. The van der Waals surface area contributed by atoms with Gasteiger partial charge in [0, 0.05) is 15.6 Å². The summed E-state index contributed by atoms with van der Waals surface area (Å²) in [7, 11) is 0. The van der Waals surface area contributed by atoms with Crippen LogP contribution in [0.5, 0.6) is 0 Å². The maximum atomic E-state index is 12.4. The van der Waals surface area contributed by atoms with Crippen LogP contribution in [-0.2, 0) is 4.79 Å². The van der Waals surface area contributed by atoms with E-state index >= 15 is 0 Å². The van der Waals surface area contributed by atoms with Crippen molar-refractivity contribution in [2.75, 3.05) is 0 Å². The lowest BCUT2D eigenvalue weighted by Crippen LogP contribution is -2.46. The van der Waals surface area contributed by atoms with E-state index in [2.05, 4.69) is 26.1 Å². The molecule has 0 unspecified atom stereocenters. The third kappa shape index (κ3) is 3.41. The van der Waals surface area contributed by atoms with Crippen LogP contribution in [0.4, 0.5) is 0 Å². The number of nitrogens with one attached hydrogen (secondary N) is 1. The van der Waals surface area contributed by atoms with Gasteiger partial charge in [-0.05, 0) is 55.2 Å².